The third kappa shape index (κ3) is 7.81. The zero-order valence-corrected chi connectivity index (χ0v) is 9.22. The number of carbonyl (C=O) groups excluding carboxylic acids is 1. The topological polar surface area (TPSA) is 93.5 Å². The van der Waals surface area contributed by atoms with Crippen LogP contribution < -0.4 is 0 Å². The highest BCUT2D eigenvalue weighted by Crippen LogP contribution is 1.96. The molecule has 0 fully saturated rings. The highest BCUT2D eigenvalue weighted by molar-refractivity contribution is 5.87. The summed E-state index contributed by atoms with van der Waals surface area (Å²) < 4.78 is 14.8. The molecule has 0 aromatic heterocycles. The molecule has 0 saturated carbocycles. The molecule has 0 aliphatic heterocycles. The molecule has 90 valence electrons. The predicted molar refractivity (Wildman–Crippen MR) is 56.6 cm³/mol. The average molecular weight is 229 g/mol. The molecule has 0 atom stereocenters. The summed E-state index contributed by atoms with van der Waals surface area (Å²) in [4.78, 5) is 13.4. The molecule has 0 aromatic rings. The molecule has 0 bridgehead atoms. The van der Waals surface area contributed by atoms with Crippen molar-refractivity contribution in [1.29, 1.82) is 0 Å². The van der Waals surface area contributed by atoms with Gasteiger partial charge in [-0.25, -0.2) is 4.79 Å². The van der Waals surface area contributed by atoms with Crippen molar-refractivity contribution in [2.75, 3.05) is 33.0 Å². The fourth-order valence-corrected chi connectivity index (χ4v) is 0.736. The van der Waals surface area contributed by atoms with E-state index >= 15 is 0 Å². The van der Waals surface area contributed by atoms with Crippen LogP contribution in [0.25, 0.3) is 10.4 Å². The minimum atomic E-state index is -0.744. The zero-order valence-electron chi connectivity index (χ0n) is 9.22. The normalized spacial score (nSPS) is 9.31. The largest absolute Gasteiger partial charge is 0.460 e. The van der Waals surface area contributed by atoms with Crippen LogP contribution >= 0.6 is 0 Å². The Hall–Kier alpha value is -1.56. The van der Waals surface area contributed by atoms with Crippen LogP contribution in [0.3, 0.4) is 0 Å². The van der Waals surface area contributed by atoms with Crippen molar-refractivity contribution in [2.24, 2.45) is 5.11 Å². The molecule has 7 heteroatoms. The zero-order chi connectivity index (χ0) is 12.2. The van der Waals surface area contributed by atoms with Gasteiger partial charge < -0.3 is 14.2 Å². The molecule has 0 aliphatic carbocycles. The second-order valence-electron chi connectivity index (χ2n) is 2.58. The van der Waals surface area contributed by atoms with E-state index < -0.39 is 5.97 Å². The fraction of sp³-hybridized carbons (Fsp3) is 0.667. The van der Waals surface area contributed by atoms with Gasteiger partial charge in [0.05, 0.1) is 19.8 Å². The van der Waals surface area contributed by atoms with Gasteiger partial charge in [0.25, 0.3) is 0 Å². The van der Waals surface area contributed by atoms with Crippen LogP contribution in [0.4, 0.5) is 0 Å². The number of carbonyl (C=O) groups is 1. The number of azide groups is 1. The second kappa shape index (κ2) is 9.97. The molecule has 7 nitrogen and oxygen atoms in total. The Balaban J connectivity index is 3.41. The summed E-state index contributed by atoms with van der Waals surface area (Å²) in [7, 11) is 0. The van der Waals surface area contributed by atoms with Crippen molar-refractivity contribution in [1.82, 2.24) is 0 Å². The number of ether oxygens (including phenoxy) is 3. The molecule has 0 N–H and O–H groups in total. The van der Waals surface area contributed by atoms with E-state index in [-0.39, 0.29) is 18.9 Å². The van der Waals surface area contributed by atoms with Crippen LogP contribution in [0.1, 0.15) is 6.92 Å². The Labute approximate surface area is 93.6 Å². The number of nitrogens with zero attached hydrogens (tertiary/aromatic N) is 3. The van der Waals surface area contributed by atoms with Gasteiger partial charge in [0.1, 0.15) is 12.3 Å². The first-order valence-electron chi connectivity index (χ1n) is 4.79. The molecule has 0 unspecified atom stereocenters. The highest BCUT2D eigenvalue weighted by Gasteiger charge is 2.05. The third-order valence-electron chi connectivity index (χ3n) is 1.44. The summed E-state index contributed by atoms with van der Waals surface area (Å²) in [6.45, 7) is 7.07. The van der Waals surface area contributed by atoms with Gasteiger partial charge in [-0.1, -0.05) is 11.7 Å². The maximum Gasteiger partial charge on any atom is 0.339 e. The van der Waals surface area contributed by atoms with E-state index in [9.17, 15) is 4.79 Å². The van der Waals surface area contributed by atoms with Gasteiger partial charge in [-0.15, -0.1) is 0 Å². The standard InChI is InChI=1S/C9H15N3O4/c1-3-14-4-5-15-6-7-16-9(13)8(2)11-12-10/h2-7H2,1H3. The van der Waals surface area contributed by atoms with E-state index in [1.807, 2.05) is 6.92 Å². The van der Waals surface area contributed by atoms with Crippen molar-refractivity contribution in [2.45, 2.75) is 6.92 Å². The Morgan fingerprint density at radius 2 is 1.94 bits per heavy atom. The van der Waals surface area contributed by atoms with Crippen molar-refractivity contribution in [3.05, 3.63) is 22.7 Å². The SMILES string of the molecule is C=C(N=[N+]=[N-])C(=O)OCCOCCOCC. The first kappa shape index (κ1) is 14.4. The monoisotopic (exact) mass is 229 g/mol. The molecule has 0 amide bonds. The van der Waals surface area contributed by atoms with Crippen LogP contribution in [0.15, 0.2) is 17.4 Å². The van der Waals surface area contributed by atoms with E-state index in [1.165, 1.54) is 0 Å². The molecule has 0 radical (unpaired) electrons. The van der Waals surface area contributed by atoms with Gasteiger partial charge in [0.15, 0.2) is 0 Å². The van der Waals surface area contributed by atoms with Gasteiger partial charge in [0, 0.05) is 11.5 Å². The van der Waals surface area contributed by atoms with Crippen molar-refractivity contribution in [3.63, 3.8) is 0 Å². The molecule has 0 aromatic carbocycles. The number of hydrogen-bond donors (Lipinski definition) is 0. The maximum atomic E-state index is 11.0. The lowest BCUT2D eigenvalue weighted by Gasteiger charge is -2.05. The van der Waals surface area contributed by atoms with Crippen molar-refractivity contribution >= 4 is 5.97 Å². The van der Waals surface area contributed by atoms with Crippen LogP contribution in [0, 0.1) is 0 Å². The van der Waals surface area contributed by atoms with Gasteiger partial charge in [-0.3, -0.25) is 0 Å². The fourth-order valence-electron chi connectivity index (χ4n) is 0.736. The van der Waals surface area contributed by atoms with Crippen molar-refractivity contribution < 1.29 is 19.0 Å². The molecule has 0 rings (SSSR count). The first-order chi connectivity index (χ1) is 7.72. The quantitative estimate of drug-likeness (QED) is 0.149. The lowest BCUT2D eigenvalue weighted by Crippen LogP contribution is -2.13. The summed E-state index contributed by atoms with van der Waals surface area (Å²) in [6.07, 6.45) is 0. The summed E-state index contributed by atoms with van der Waals surface area (Å²) in [5.41, 5.74) is 7.76. The van der Waals surface area contributed by atoms with Crippen LogP contribution in [0.2, 0.25) is 0 Å². The molecule has 0 aliphatic rings. The molecular weight excluding hydrogens is 214 g/mol. The first-order valence-corrected chi connectivity index (χ1v) is 4.79. The van der Waals surface area contributed by atoms with E-state index in [4.69, 9.17) is 19.7 Å². The molecule has 0 heterocycles. The third-order valence-corrected chi connectivity index (χ3v) is 1.44. The summed E-state index contributed by atoms with van der Waals surface area (Å²) in [5, 5.41) is 3.01. The van der Waals surface area contributed by atoms with Crippen LogP contribution in [-0.4, -0.2) is 39.0 Å². The number of rotatable bonds is 9. The van der Waals surface area contributed by atoms with E-state index in [2.05, 4.69) is 16.6 Å². The summed E-state index contributed by atoms with van der Waals surface area (Å²) >= 11 is 0. The number of esters is 1. The van der Waals surface area contributed by atoms with E-state index in [0.29, 0.717) is 19.8 Å². The average Bonchev–Trinajstić information content (AvgIpc) is 2.28. The minimum Gasteiger partial charge on any atom is -0.460 e. The van der Waals surface area contributed by atoms with Crippen LogP contribution in [0.5, 0.6) is 0 Å². The van der Waals surface area contributed by atoms with E-state index in [0.717, 1.165) is 0 Å². The minimum absolute atomic E-state index is 0.0882. The van der Waals surface area contributed by atoms with Gasteiger partial charge >= 0.3 is 5.97 Å². The lowest BCUT2D eigenvalue weighted by atomic mass is 10.5. The predicted octanol–water partition coefficient (Wildman–Crippen LogP) is 1.41. The van der Waals surface area contributed by atoms with Gasteiger partial charge in [0.2, 0.25) is 0 Å². The van der Waals surface area contributed by atoms with Gasteiger partial charge in [-0.2, -0.15) is 0 Å². The van der Waals surface area contributed by atoms with Crippen LogP contribution in [-0.2, 0) is 19.0 Å². The smallest absolute Gasteiger partial charge is 0.339 e. The lowest BCUT2D eigenvalue weighted by molar-refractivity contribution is -0.140. The Morgan fingerprint density at radius 1 is 1.31 bits per heavy atom. The number of hydrogen-bond acceptors (Lipinski definition) is 5. The molecule has 16 heavy (non-hydrogen) atoms. The summed E-state index contributed by atoms with van der Waals surface area (Å²) in [6, 6.07) is 0. The highest BCUT2D eigenvalue weighted by atomic mass is 16.6. The van der Waals surface area contributed by atoms with Gasteiger partial charge in [-0.05, 0) is 12.5 Å². The van der Waals surface area contributed by atoms with E-state index in [1.54, 1.807) is 0 Å². The van der Waals surface area contributed by atoms with Crippen molar-refractivity contribution in [3.8, 4) is 0 Å². The Morgan fingerprint density at radius 3 is 2.56 bits per heavy atom. The molecular formula is C9H15N3O4. The Kier molecular flexibility index (Phi) is 9.00. The Bertz CT molecular complexity index is 274. The molecule has 0 saturated heterocycles. The molecule has 0 spiro atoms. The summed E-state index contributed by atoms with van der Waals surface area (Å²) in [5.74, 6) is -0.744. The second-order valence-corrected chi connectivity index (χ2v) is 2.58. The maximum absolute atomic E-state index is 11.0.